The SMILES string of the molecule is C=C(OC)/C(C)=C\C(=C/C(C)C)NC(=O)C1CCCCC1. The number of amides is 1. The van der Waals surface area contributed by atoms with Crippen molar-refractivity contribution in [2.75, 3.05) is 7.11 Å². The van der Waals surface area contributed by atoms with Gasteiger partial charge in [0, 0.05) is 11.6 Å². The predicted octanol–water partition coefficient (Wildman–Crippen LogP) is 4.33. The highest BCUT2D eigenvalue weighted by atomic mass is 16.5. The zero-order valence-electron chi connectivity index (χ0n) is 13.9. The van der Waals surface area contributed by atoms with E-state index in [0.717, 1.165) is 37.0 Å². The van der Waals surface area contributed by atoms with Crippen LogP contribution in [0, 0.1) is 11.8 Å². The van der Waals surface area contributed by atoms with Gasteiger partial charge in [0.25, 0.3) is 0 Å². The molecule has 0 aliphatic heterocycles. The van der Waals surface area contributed by atoms with Crippen LogP contribution in [-0.4, -0.2) is 13.0 Å². The molecule has 1 rings (SSSR count). The third-order valence-corrected chi connectivity index (χ3v) is 3.81. The summed E-state index contributed by atoms with van der Waals surface area (Å²) in [5.74, 6) is 1.30. The molecule has 1 N–H and O–H groups in total. The summed E-state index contributed by atoms with van der Waals surface area (Å²) >= 11 is 0. The van der Waals surface area contributed by atoms with Gasteiger partial charge in [-0.2, -0.15) is 0 Å². The quantitative estimate of drug-likeness (QED) is 0.584. The first kappa shape index (κ1) is 17.5. The second kappa shape index (κ2) is 8.71. The van der Waals surface area contributed by atoms with Gasteiger partial charge in [0.2, 0.25) is 5.91 Å². The molecule has 0 aromatic rings. The average molecular weight is 291 g/mol. The summed E-state index contributed by atoms with van der Waals surface area (Å²) in [6.45, 7) is 9.98. The van der Waals surface area contributed by atoms with Crippen molar-refractivity contribution in [2.45, 2.75) is 52.9 Å². The van der Waals surface area contributed by atoms with Crippen LogP contribution in [0.1, 0.15) is 52.9 Å². The molecule has 0 spiro atoms. The fraction of sp³-hybridized carbons (Fsp3) is 0.611. The molecule has 1 saturated carbocycles. The first-order valence-electron chi connectivity index (χ1n) is 7.88. The molecule has 0 atom stereocenters. The van der Waals surface area contributed by atoms with Crippen molar-refractivity contribution in [1.29, 1.82) is 0 Å². The largest absolute Gasteiger partial charge is 0.497 e. The lowest BCUT2D eigenvalue weighted by Crippen LogP contribution is -2.31. The maximum absolute atomic E-state index is 12.4. The maximum Gasteiger partial charge on any atom is 0.227 e. The zero-order chi connectivity index (χ0) is 15.8. The maximum atomic E-state index is 12.4. The van der Waals surface area contributed by atoms with Crippen LogP contribution in [-0.2, 0) is 9.53 Å². The number of hydrogen-bond donors (Lipinski definition) is 1. The molecule has 0 saturated heterocycles. The number of allylic oxidation sites excluding steroid dienone is 3. The fourth-order valence-corrected chi connectivity index (χ4v) is 2.57. The minimum atomic E-state index is 0.147. The molecule has 1 aliphatic carbocycles. The fourth-order valence-electron chi connectivity index (χ4n) is 2.57. The Bertz CT molecular complexity index is 426. The van der Waals surface area contributed by atoms with Crippen LogP contribution >= 0.6 is 0 Å². The van der Waals surface area contributed by atoms with Crippen molar-refractivity contribution in [3.63, 3.8) is 0 Å². The Labute approximate surface area is 129 Å². The summed E-state index contributed by atoms with van der Waals surface area (Å²) in [6.07, 6.45) is 9.60. The van der Waals surface area contributed by atoms with Crippen LogP contribution in [0.4, 0.5) is 0 Å². The van der Waals surface area contributed by atoms with E-state index < -0.39 is 0 Å². The smallest absolute Gasteiger partial charge is 0.227 e. The zero-order valence-corrected chi connectivity index (χ0v) is 13.9. The number of carbonyl (C=O) groups is 1. The number of hydrogen-bond acceptors (Lipinski definition) is 2. The van der Waals surface area contributed by atoms with Crippen LogP contribution in [0.5, 0.6) is 0 Å². The molecule has 0 bridgehead atoms. The lowest BCUT2D eigenvalue weighted by atomic mass is 9.88. The summed E-state index contributed by atoms with van der Waals surface area (Å²) in [6, 6.07) is 0. The number of rotatable bonds is 6. The topological polar surface area (TPSA) is 38.3 Å². The molecule has 1 amide bonds. The lowest BCUT2D eigenvalue weighted by Gasteiger charge is -2.21. The van der Waals surface area contributed by atoms with Gasteiger partial charge in [-0.15, -0.1) is 0 Å². The van der Waals surface area contributed by atoms with Gasteiger partial charge in [-0.25, -0.2) is 0 Å². The molecule has 21 heavy (non-hydrogen) atoms. The molecule has 0 radical (unpaired) electrons. The van der Waals surface area contributed by atoms with Crippen molar-refractivity contribution < 1.29 is 9.53 Å². The second-order valence-electron chi connectivity index (χ2n) is 6.14. The van der Waals surface area contributed by atoms with Crippen molar-refractivity contribution >= 4 is 5.91 Å². The first-order chi connectivity index (χ1) is 9.93. The third-order valence-electron chi connectivity index (χ3n) is 3.81. The normalized spacial score (nSPS) is 17.8. The first-order valence-corrected chi connectivity index (χ1v) is 7.88. The second-order valence-corrected chi connectivity index (χ2v) is 6.14. The summed E-state index contributed by atoms with van der Waals surface area (Å²) in [7, 11) is 1.60. The molecular weight excluding hydrogens is 262 g/mol. The highest BCUT2D eigenvalue weighted by Crippen LogP contribution is 2.24. The number of ether oxygens (including phenoxy) is 1. The molecular formula is C18H29NO2. The molecule has 118 valence electrons. The summed E-state index contributed by atoms with van der Waals surface area (Å²) in [5, 5.41) is 3.08. The molecule has 3 nitrogen and oxygen atoms in total. The van der Waals surface area contributed by atoms with Gasteiger partial charge in [0.1, 0.15) is 5.76 Å². The van der Waals surface area contributed by atoms with Gasteiger partial charge in [-0.05, 0) is 37.3 Å². The van der Waals surface area contributed by atoms with Crippen molar-refractivity contribution in [1.82, 2.24) is 5.32 Å². The molecule has 1 aliphatic rings. The van der Waals surface area contributed by atoms with Crippen LogP contribution in [0.3, 0.4) is 0 Å². The molecule has 3 heteroatoms. The Morgan fingerprint density at radius 2 is 1.90 bits per heavy atom. The highest BCUT2D eigenvalue weighted by molar-refractivity contribution is 5.81. The minimum Gasteiger partial charge on any atom is -0.497 e. The van der Waals surface area contributed by atoms with E-state index in [0.29, 0.717) is 11.7 Å². The predicted molar refractivity (Wildman–Crippen MR) is 87.5 cm³/mol. The number of methoxy groups -OCH3 is 1. The van der Waals surface area contributed by atoms with E-state index in [1.165, 1.54) is 6.42 Å². The minimum absolute atomic E-state index is 0.147. The van der Waals surface area contributed by atoms with Gasteiger partial charge < -0.3 is 10.1 Å². The Kier molecular flexibility index (Phi) is 7.27. The average Bonchev–Trinajstić information content (AvgIpc) is 2.46. The van der Waals surface area contributed by atoms with Gasteiger partial charge >= 0.3 is 0 Å². The van der Waals surface area contributed by atoms with E-state index in [2.05, 4.69) is 31.8 Å². The van der Waals surface area contributed by atoms with E-state index in [1.807, 2.05) is 13.0 Å². The van der Waals surface area contributed by atoms with E-state index in [4.69, 9.17) is 4.74 Å². The number of nitrogens with one attached hydrogen (secondary N) is 1. The summed E-state index contributed by atoms with van der Waals surface area (Å²) < 4.78 is 5.14. The standard InChI is InChI=1S/C18H29NO2/c1-13(2)11-17(12-14(3)15(4)21-5)19-18(20)16-9-7-6-8-10-16/h11-13,16H,4,6-10H2,1-3,5H3,(H,19,20)/b14-12-,17-11+. The lowest BCUT2D eigenvalue weighted by molar-refractivity contribution is -0.125. The van der Waals surface area contributed by atoms with E-state index in [1.54, 1.807) is 7.11 Å². The Balaban J connectivity index is 2.79. The van der Waals surface area contributed by atoms with Crippen LogP contribution in [0.2, 0.25) is 0 Å². The van der Waals surface area contributed by atoms with E-state index in [9.17, 15) is 4.79 Å². The molecule has 0 aromatic carbocycles. The van der Waals surface area contributed by atoms with E-state index in [-0.39, 0.29) is 11.8 Å². The van der Waals surface area contributed by atoms with Gasteiger partial charge in [-0.1, -0.05) is 45.8 Å². The molecule has 1 fully saturated rings. The van der Waals surface area contributed by atoms with Crippen LogP contribution in [0.15, 0.2) is 35.8 Å². The Hall–Kier alpha value is -1.51. The van der Waals surface area contributed by atoms with Crippen molar-refractivity contribution in [2.24, 2.45) is 11.8 Å². The Morgan fingerprint density at radius 3 is 2.43 bits per heavy atom. The highest BCUT2D eigenvalue weighted by Gasteiger charge is 2.21. The van der Waals surface area contributed by atoms with Crippen molar-refractivity contribution in [3.8, 4) is 0 Å². The molecule has 0 heterocycles. The van der Waals surface area contributed by atoms with Crippen molar-refractivity contribution in [3.05, 3.63) is 35.8 Å². The van der Waals surface area contributed by atoms with Gasteiger partial charge in [-0.3, -0.25) is 4.79 Å². The van der Waals surface area contributed by atoms with E-state index >= 15 is 0 Å². The van der Waals surface area contributed by atoms with Gasteiger partial charge in [0.05, 0.1) is 7.11 Å². The molecule has 0 aromatic heterocycles. The van der Waals surface area contributed by atoms with Gasteiger partial charge in [0.15, 0.2) is 0 Å². The summed E-state index contributed by atoms with van der Waals surface area (Å²) in [4.78, 5) is 12.4. The van der Waals surface area contributed by atoms with Crippen LogP contribution < -0.4 is 5.32 Å². The summed E-state index contributed by atoms with van der Waals surface area (Å²) in [5.41, 5.74) is 1.77. The van der Waals surface area contributed by atoms with Crippen LogP contribution in [0.25, 0.3) is 0 Å². The Morgan fingerprint density at radius 1 is 1.29 bits per heavy atom. The molecule has 0 unspecified atom stereocenters. The third kappa shape index (κ3) is 6.19. The number of carbonyl (C=O) groups excluding carboxylic acids is 1. The monoisotopic (exact) mass is 291 g/mol.